The molecule has 2 aromatic rings. The van der Waals surface area contributed by atoms with Crippen LogP contribution in [0.3, 0.4) is 0 Å². The summed E-state index contributed by atoms with van der Waals surface area (Å²) in [4.78, 5) is 0. The summed E-state index contributed by atoms with van der Waals surface area (Å²) in [6, 6.07) is 2.20. The highest BCUT2D eigenvalue weighted by Gasteiger charge is 2.13. The van der Waals surface area contributed by atoms with Crippen LogP contribution in [0.4, 0.5) is 0 Å². The van der Waals surface area contributed by atoms with Crippen LogP contribution in [0.1, 0.15) is 19.9 Å². The van der Waals surface area contributed by atoms with E-state index in [1.807, 2.05) is 17.7 Å². The predicted octanol–water partition coefficient (Wildman–Crippen LogP) is 1.92. The Morgan fingerprint density at radius 3 is 2.73 bits per heavy atom. The largest absolute Gasteiger partial charge is 0.296 e. The quantitative estimate of drug-likeness (QED) is 0.791. The first-order chi connectivity index (χ1) is 7.11. The van der Waals surface area contributed by atoms with Gasteiger partial charge in [-0.15, -0.1) is 0 Å². The van der Waals surface area contributed by atoms with Gasteiger partial charge in [-0.25, -0.2) is 0 Å². The van der Waals surface area contributed by atoms with Gasteiger partial charge in [-0.3, -0.25) is 14.3 Å². The van der Waals surface area contributed by atoms with Crippen molar-refractivity contribution in [1.29, 1.82) is 0 Å². The lowest BCUT2D eigenvalue weighted by atomic mass is 10.3. The maximum atomic E-state index is 5.18. The maximum absolute atomic E-state index is 5.18. The van der Waals surface area contributed by atoms with Gasteiger partial charge in [-0.1, -0.05) is 0 Å². The average molecular weight is 223 g/mol. The van der Waals surface area contributed by atoms with Gasteiger partial charge in [0.15, 0.2) is 10.6 Å². The molecule has 2 rings (SSSR count). The highest BCUT2D eigenvalue weighted by atomic mass is 32.1. The second-order valence-corrected chi connectivity index (χ2v) is 4.04. The Morgan fingerprint density at radius 2 is 2.20 bits per heavy atom. The van der Waals surface area contributed by atoms with Crippen LogP contribution in [0.25, 0.3) is 11.5 Å². The zero-order valence-electron chi connectivity index (χ0n) is 8.93. The summed E-state index contributed by atoms with van der Waals surface area (Å²) in [6.07, 6.45) is 1.75. The lowest BCUT2D eigenvalue weighted by Gasteiger charge is -2.09. The van der Waals surface area contributed by atoms with Crippen LogP contribution in [0, 0.1) is 4.77 Å². The van der Waals surface area contributed by atoms with E-state index in [0.717, 1.165) is 11.5 Å². The van der Waals surface area contributed by atoms with E-state index < -0.39 is 0 Å². The standard InChI is InChI=1S/C9H13N5S/c1-6(2)14-8(11-12-9(14)15)7-4-5-10-13(7)3/h4-6H,1-3H3,(H,12,15). The molecule has 2 aromatic heterocycles. The summed E-state index contributed by atoms with van der Waals surface area (Å²) in [5, 5.41) is 11.2. The van der Waals surface area contributed by atoms with Gasteiger partial charge < -0.3 is 0 Å². The van der Waals surface area contributed by atoms with E-state index in [9.17, 15) is 0 Å². The summed E-state index contributed by atoms with van der Waals surface area (Å²) >= 11 is 5.18. The molecule has 1 N–H and O–H groups in total. The Labute approximate surface area is 92.7 Å². The molecule has 2 heterocycles. The monoisotopic (exact) mass is 223 g/mol. The molecular weight excluding hydrogens is 210 g/mol. The highest BCUT2D eigenvalue weighted by molar-refractivity contribution is 7.71. The molecule has 0 aliphatic rings. The van der Waals surface area contributed by atoms with E-state index in [1.54, 1.807) is 10.9 Å². The van der Waals surface area contributed by atoms with Crippen molar-refractivity contribution in [3.05, 3.63) is 17.0 Å². The van der Waals surface area contributed by atoms with E-state index in [1.165, 1.54) is 0 Å². The second-order valence-electron chi connectivity index (χ2n) is 3.66. The molecule has 0 unspecified atom stereocenters. The van der Waals surface area contributed by atoms with Gasteiger partial charge >= 0.3 is 0 Å². The van der Waals surface area contributed by atoms with Crippen molar-refractivity contribution in [2.45, 2.75) is 19.9 Å². The summed E-state index contributed by atoms with van der Waals surface area (Å²) in [6.45, 7) is 4.15. The Hall–Kier alpha value is -1.43. The normalized spacial score (nSPS) is 11.2. The first kappa shape index (κ1) is 10.1. The van der Waals surface area contributed by atoms with E-state index >= 15 is 0 Å². The molecule has 0 radical (unpaired) electrons. The molecule has 0 amide bonds. The summed E-state index contributed by atoms with van der Waals surface area (Å²) < 4.78 is 4.40. The van der Waals surface area contributed by atoms with Crippen LogP contribution >= 0.6 is 12.2 Å². The molecule has 5 nitrogen and oxygen atoms in total. The number of rotatable bonds is 2. The molecule has 0 aliphatic carbocycles. The van der Waals surface area contributed by atoms with E-state index in [4.69, 9.17) is 12.2 Å². The van der Waals surface area contributed by atoms with Crippen molar-refractivity contribution in [2.75, 3.05) is 0 Å². The minimum Gasteiger partial charge on any atom is -0.296 e. The molecule has 0 aliphatic heterocycles. The van der Waals surface area contributed by atoms with E-state index in [-0.39, 0.29) is 6.04 Å². The number of hydrogen-bond donors (Lipinski definition) is 1. The molecule has 80 valence electrons. The summed E-state index contributed by atoms with van der Waals surface area (Å²) in [5.41, 5.74) is 0.955. The third-order valence-electron chi connectivity index (χ3n) is 2.27. The molecule has 6 heteroatoms. The number of nitrogens with zero attached hydrogens (tertiary/aromatic N) is 4. The van der Waals surface area contributed by atoms with Crippen molar-refractivity contribution < 1.29 is 0 Å². The van der Waals surface area contributed by atoms with E-state index in [0.29, 0.717) is 4.77 Å². The fraction of sp³-hybridized carbons (Fsp3) is 0.444. The van der Waals surface area contributed by atoms with E-state index in [2.05, 4.69) is 29.1 Å². The molecule has 0 spiro atoms. The molecule has 0 atom stereocenters. The topological polar surface area (TPSA) is 51.4 Å². The fourth-order valence-corrected chi connectivity index (χ4v) is 1.90. The Bertz CT molecular complexity index is 519. The average Bonchev–Trinajstić information content (AvgIpc) is 2.71. The third-order valence-corrected chi connectivity index (χ3v) is 2.56. The Kier molecular flexibility index (Phi) is 2.44. The predicted molar refractivity (Wildman–Crippen MR) is 60.0 cm³/mol. The van der Waals surface area contributed by atoms with Crippen molar-refractivity contribution in [3.8, 4) is 11.5 Å². The highest BCUT2D eigenvalue weighted by Crippen LogP contribution is 2.19. The molecule has 0 saturated heterocycles. The van der Waals surface area contributed by atoms with Gasteiger partial charge in [0.05, 0.1) is 0 Å². The zero-order valence-corrected chi connectivity index (χ0v) is 9.75. The van der Waals surface area contributed by atoms with Crippen molar-refractivity contribution in [1.82, 2.24) is 24.5 Å². The van der Waals surface area contributed by atoms with Gasteiger partial charge in [-0.05, 0) is 32.1 Å². The lowest BCUT2D eigenvalue weighted by molar-refractivity contribution is 0.592. The third kappa shape index (κ3) is 1.61. The number of H-pyrrole nitrogens is 1. The van der Waals surface area contributed by atoms with Crippen LogP contribution in [0.2, 0.25) is 0 Å². The molecule has 15 heavy (non-hydrogen) atoms. The Balaban J connectivity index is 2.64. The minimum atomic E-state index is 0.279. The molecular formula is C9H13N5S. The van der Waals surface area contributed by atoms with Crippen LogP contribution in [0.5, 0.6) is 0 Å². The number of hydrogen-bond acceptors (Lipinski definition) is 3. The zero-order chi connectivity index (χ0) is 11.0. The SMILES string of the molecule is CC(C)n1c(-c2ccnn2C)n[nH]c1=S. The first-order valence-electron chi connectivity index (χ1n) is 4.76. The van der Waals surface area contributed by atoms with Crippen LogP contribution in [0.15, 0.2) is 12.3 Å². The molecule has 0 fully saturated rings. The molecule has 0 saturated carbocycles. The Morgan fingerprint density at radius 1 is 1.47 bits per heavy atom. The van der Waals surface area contributed by atoms with Gasteiger partial charge in [0.2, 0.25) is 0 Å². The number of aromatic amines is 1. The smallest absolute Gasteiger partial charge is 0.195 e. The van der Waals surface area contributed by atoms with Gasteiger partial charge in [0.1, 0.15) is 5.69 Å². The van der Waals surface area contributed by atoms with Crippen LogP contribution < -0.4 is 0 Å². The second kappa shape index (κ2) is 3.62. The fourth-order valence-electron chi connectivity index (χ4n) is 1.56. The van der Waals surface area contributed by atoms with Crippen LogP contribution in [-0.4, -0.2) is 24.5 Å². The van der Waals surface area contributed by atoms with Crippen molar-refractivity contribution >= 4 is 12.2 Å². The van der Waals surface area contributed by atoms with Gasteiger partial charge in [-0.2, -0.15) is 10.2 Å². The number of aryl methyl sites for hydroxylation is 1. The molecule has 0 aromatic carbocycles. The van der Waals surface area contributed by atoms with Gasteiger partial charge in [0.25, 0.3) is 0 Å². The first-order valence-corrected chi connectivity index (χ1v) is 5.17. The summed E-state index contributed by atoms with van der Waals surface area (Å²) in [5.74, 6) is 0.829. The lowest BCUT2D eigenvalue weighted by Crippen LogP contribution is -2.05. The maximum Gasteiger partial charge on any atom is 0.195 e. The minimum absolute atomic E-state index is 0.279. The number of aromatic nitrogens is 5. The van der Waals surface area contributed by atoms with Crippen molar-refractivity contribution in [3.63, 3.8) is 0 Å². The van der Waals surface area contributed by atoms with Gasteiger partial charge in [0, 0.05) is 19.3 Å². The number of nitrogens with one attached hydrogen (secondary N) is 1. The van der Waals surface area contributed by atoms with Crippen LogP contribution in [-0.2, 0) is 7.05 Å². The van der Waals surface area contributed by atoms with Crippen molar-refractivity contribution in [2.24, 2.45) is 7.05 Å². The summed E-state index contributed by atoms with van der Waals surface area (Å²) in [7, 11) is 1.89. The molecule has 0 bridgehead atoms.